The Labute approximate surface area is 93.0 Å². The summed E-state index contributed by atoms with van der Waals surface area (Å²) < 4.78 is 12.9. The first-order chi connectivity index (χ1) is 7.18. The molecule has 88 valence electrons. The van der Waals surface area contributed by atoms with Gasteiger partial charge in [-0.1, -0.05) is 13.8 Å². The first kappa shape index (κ1) is 11.4. The fraction of sp³-hybridized carbons (Fsp3) is 1.00. The van der Waals surface area contributed by atoms with Crippen molar-refractivity contribution >= 4 is 0 Å². The van der Waals surface area contributed by atoms with Gasteiger partial charge in [0.1, 0.15) is 6.67 Å². The molecule has 0 radical (unpaired) electrons. The fourth-order valence-corrected chi connectivity index (χ4v) is 3.50. The zero-order chi connectivity index (χ0) is 10.9. The molecule has 2 fully saturated rings. The Bertz CT molecular complexity index is 217. The molecule has 2 heteroatoms. The van der Waals surface area contributed by atoms with Gasteiger partial charge in [-0.3, -0.25) is 4.90 Å². The lowest BCUT2D eigenvalue weighted by atomic mass is 9.86. The van der Waals surface area contributed by atoms with Crippen LogP contribution < -0.4 is 0 Å². The highest BCUT2D eigenvalue weighted by atomic mass is 19.1. The quantitative estimate of drug-likeness (QED) is 0.692. The predicted octanol–water partition coefficient (Wildman–Crippen LogP) is 3.39. The topological polar surface area (TPSA) is 3.24 Å². The molecule has 15 heavy (non-hydrogen) atoms. The molecule has 0 aliphatic carbocycles. The summed E-state index contributed by atoms with van der Waals surface area (Å²) in [6.45, 7) is 5.59. The highest BCUT2D eigenvalue weighted by molar-refractivity contribution is 5.04. The Morgan fingerprint density at radius 2 is 2.20 bits per heavy atom. The molecule has 0 N–H and O–H groups in total. The third-order valence-corrected chi connectivity index (χ3v) is 4.40. The summed E-state index contributed by atoms with van der Waals surface area (Å²) in [6, 6.07) is 0.250. The van der Waals surface area contributed by atoms with E-state index in [9.17, 15) is 4.39 Å². The maximum atomic E-state index is 12.9. The Morgan fingerprint density at radius 1 is 1.40 bits per heavy atom. The largest absolute Gasteiger partial charge is 0.292 e. The Hall–Kier alpha value is -0.110. The molecule has 1 nitrogen and oxygen atoms in total. The monoisotopic (exact) mass is 213 g/mol. The van der Waals surface area contributed by atoms with E-state index in [0.29, 0.717) is 5.54 Å². The van der Waals surface area contributed by atoms with E-state index in [-0.39, 0.29) is 12.7 Å². The molecule has 2 aliphatic rings. The zero-order valence-corrected chi connectivity index (χ0v) is 10.1. The number of halogens is 1. The van der Waals surface area contributed by atoms with E-state index in [4.69, 9.17) is 0 Å². The van der Waals surface area contributed by atoms with Gasteiger partial charge in [-0.05, 0) is 51.0 Å². The van der Waals surface area contributed by atoms with Crippen molar-refractivity contribution in [1.29, 1.82) is 0 Å². The summed E-state index contributed by atoms with van der Waals surface area (Å²) in [5, 5.41) is 0. The number of fused-ring (bicyclic) bond motifs is 1. The van der Waals surface area contributed by atoms with Gasteiger partial charge >= 0.3 is 0 Å². The summed E-state index contributed by atoms with van der Waals surface area (Å²) >= 11 is 0. The number of rotatable bonds is 4. The summed E-state index contributed by atoms with van der Waals surface area (Å²) in [7, 11) is 0. The van der Waals surface area contributed by atoms with E-state index in [0.717, 1.165) is 18.9 Å². The van der Waals surface area contributed by atoms with Crippen LogP contribution in [0.2, 0.25) is 0 Å². The first-order valence-corrected chi connectivity index (χ1v) is 6.51. The van der Waals surface area contributed by atoms with Crippen LogP contribution in [0.4, 0.5) is 4.39 Å². The van der Waals surface area contributed by atoms with E-state index in [1.54, 1.807) is 0 Å². The van der Waals surface area contributed by atoms with Gasteiger partial charge in [0.15, 0.2) is 0 Å². The summed E-state index contributed by atoms with van der Waals surface area (Å²) in [5.74, 6) is 0.784. The van der Waals surface area contributed by atoms with Gasteiger partial charge in [0.05, 0.1) is 0 Å². The lowest BCUT2D eigenvalue weighted by molar-refractivity contribution is 0.119. The molecular formula is C13H24FN. The van der Waals surface area contributed by atoms with Crippen LogP contribution in [0.3, 0.4) is 0 Å². The Balaban J connectivity index is 2.00. The fourth-order valence-electron chi connectivity index (χ4n) is 3.50. The highest BCUT2D eigenvalue weighted by Gasteiger charge is 2.48. The van der Waals surface area contributed by atoms with Crippen molar-refractivity contribution in [3.05, 3.63) is 0 Å². The van der Waals surface area contributed by atoms with Crippen LogP contribution in [-0.2, 0) is 0 Å². The number of nitrogens with zero attached hydrogens (tertiary/aromatic N) is 1. The average molecular weight is 213 g/mol. The number of hydrogen-bond acceptors (Lipinski definition) is 1. The molecule has 2 aliphatic heterocycles. The SMILES string of the molecule is CC(C)CC[C@]12CCCN1[C@@H](CF)CC2. The van der Waals surface area contributed by atoms with Crippen molar-refractivity contribution in [2.24, 2.45) is 5.92 Å². The highest BCUT2D eigenvalue weighted by Crippen LogP contribution is 2.45. The zero-order valence-electron chi connectivity index (χ0n) is 10.1. The molecule has 0 aromatic heterocycles. The second-order valence-electron chi connectivity index (χ2n) is 5.80. The lowest BCUT2D eigenvalue weighted by Gasteiger charge is -2.35. The Kier molecular flexibility index (Phi) is 3.34. The standard InChI is InChI=1S/C13H24FN/c1-11(2)4-7-13-6-3-9-15(13)12(10-14)5-8-13/h11-12H,3-10H2,1-2H3/t12-,13+/m1/s1. The molecular weight excluding hydrogens is 189 g/mol. The molecule has 2 heterocycles. The van der Waals surface area contributed by atoms with Crippen LogP contribution in [-0.4, -0.2) is 29.7 Å². The molecule has 2 atom stereocenters. The van der Waals surface area contributed by atoms with Crippen molar-refractivity contribution in [2.45, 2.75) is 64.0 Å². The summed E-state index contributed by atoms with van der Waals surface area (Å²) in [6.07, 6.45) is 7.53. The second-order valence-corrected chi connectivity index (χ2v) is 5.80. The third kappa shape index (κ3) is 2.06. The number of hydrogen-bond donors (Lipinski definition) is 0. The van der Waals surface area contributed by atoms with E-state index >= 15 is 0 Å². The van der Waals surface area contributed by atoms with Gasteiger partial charge in [0.25, 0.3) is 0 Å². The molecule has 2 rings (SSSR count). The molecule has 0 unspecified atom stereocenters. The average Bonchev–Trinajstić information content (AvgIpc) is 2.72. The maximum absolute atomic E-state index is 12.9. The van der Waals surface area contributed by atoms with Crippen LogP contribution >= 0.6 is 0 Å². The third-order valence-electron chi connectivity index (χ3n) is 4.40. The molecule has 0 aromatic rings. The second kappa shape index (κ2) is 4.40. The van der Waals surface area contributed by atoms with E-state index < -0.39 is 0 Å². The van der Waals surface area contributed by atoms with Gasteiger partial charge in [0.2, 0.25) is 0 Å². The van der Waals surface area contributed by atoms with Gasteiger partial charge in [-0.25, -0.2) is 4.39 Å². The molecule has 0 spiro atoms. The van der Waals surface area contributed by atoms with Crippen molar-refractivity contribution in [3.63, 3.8) is 0 Å². The minimum Gasteiger partial charge on any atom is -0.292 e. The smallest absolute Gasteiger partial charge is 0.105 e. The van der Waals surface area contributed by atoms with E-state index in [1.165, 1.54) is 32.1 Å². The van der Waals surface area contributed by atoms with Crippen LogP contribution in [0.25, 0.3) is 0 Å². The minimum atomic E-state index is -0.135. The van der Waals surface area contributed by atoms with Crippen LogP contribution in [0.15, 0.2) is 0 Å². The van der Waals surface area contributed by atoms with Crippen molar-refractivity contribution in [3.8, 4) is 0 Å². The van der Waals surface area contributed by atoms with Gasteiger partial charge in [-0.2, -0.15) is 0 Å². The minimum absolute atomic E-state index is 0.135. The van der Waals surface area contributed by atoms with Gasteiger partial charge in [0, 0.05) is 11.6 Å². The molecule has 0 amide bonds. The maximum Gasteiger partial charge on any atom is 0.105 e. The van der Waals surface area contributed by atoms with Crippen LogP contribution in [0.5, 0.6) is 0 Å². The molecule has 2 saturated heterocycles. The van der Waals surface area contributed by atoms with Gasteiger partial charge < -0.3 is 0 Å². The van der Waals surface area contributed by atoms with Crippen LogP contribution in [0, 0.1) is 5.92 Å². The Morgan fingerprint density at radius 3 is 2.87 bits per heavy atom. The predicted molar refractivity (Wildman–Crippen MR) is 61.7 cm³/mol. The molecule has 0 saturated carbocycles. The van der Waals surface area contributed by atoms with Gasteiger partial charge in [-0.15, -0.1) is 0 Å². The molecule has 0 bridgehead atoms. The number of alkyl halides is 1. The van der Waals surface area contributed by atoms with E-state index in [1.807, 2.05) is 0 Å². The van der Waals surface area contributed by atoms with Crippen molar-refractivity contribution in [1.82, 2.24) is 4.90 Å². The molecule has 0 aromatic carbocycles. The lowest BCUT2D eigenvalue weighted by Crippen LogP contribution is -2.43. The summed E-state index contributed by atoms with van der Waals surface area (Å²) in [4.78, 5) is 2.50. The first-order valence-electron chi connectivity index (χ1n) is 6.51. The summed E-state index contributed by atoms with van der Waals surface area (Å²) in [5.41, 5.74) is 0.404. The van der Waals surface area contributed by atoms with Crippen molar-refractivity contribution in [2.75, 3.05) is 13.2 Å². The normalized spacial score (nSPS) is 36.4. The van der Waals surface area contributed by atoms with Crippen molar-refractivity contribution < 1.29 is 4.39 Å². The van der Waals surface area contributed by atoms with E-state index in [2.05, 4.69) is 18.7 Å². The van der Waals surface area contributed by atoms with Crippen LogP contribution in [0.1, 0.15) is 52.4 Å².